The molecule has 0 bridgehead atoms. The molecule has 0 N–H and O–H groups in total. The topological polar surface area (TPSA) is 80.3 Å². The third kappa shape index (κ3) is 11.7. The largest absolute Gasteiger partial charge is 1.00 e. The van der Waals surface area contributed by atoms with E-state index in [4.69, 9.17) is 0 Å². The molecule has 0 aromatic rings. The van der Waals surface area contributed by atoms with Gasteiger partial charge < -0.3 is 19.8 Å². The number of carbonyl (C=O) groups is 2. The average Bonchev–Trinajstić information content (AvgIpc) is 2.27. The van der Waals surface area contributed by atoms with Gasteiger partial charge in [-0.25, -0.2) is 0 Å². The van der Waals surface area contributed by atoms with Crippen molar-refractivity contribution in [3.63, 3.8) is 0 Å². The molecule has 0 aromatic heterocycles. The van der Waals surface area contributed by atoms with Gasteiger partial charge in [-0.3, -0.25) is 0 Å². The fraction of sp³-hybridized carbons (Fsp3) is 0.467. The summed E-state index contributed by atoms with van der Waals surface area (Å²) in [5, 5.41) is 21.5. The van der Waals surface area contributed by atoms with Gasteiger partial charge in [0.15, 0.2) is 0 Å². The summed E-state index contributed by atoms with van der Waals surface area (Å²) in [4.78, 5) is 21.5. The normalized spacial score (nSPS) is 11.5. The Morgan fingerprint density at radius 3 is 1.81 bits per heavy atom. The zero-order chi connectivity index (χ0) is 15.0. The Hall–Kier alpha value is -0.645. The molecule has 0 fully saturated rings. The van der Waals surface area contributed by atoms with Gasteiger partial charge in [-0.1, -0.05) is 23.3 Å². The van der Waals surface area contributed by atoms with Crippen LogP contribution in [0.1, 0.15) is 47.0 Å². The van der Waals surface area contributed by atoms with Gasteiger partial charge in [0.2, 0.25) is 0 Å². The van der Waals surface area contributed by atoms with E-state index in [1.54, 1.807) is 6.08 Å². The second-order valence-electron chi connectivity index (χ2n) is 4.75. The van der Waals surface area contributed by atoms with Gasteiger partial charge in [-0.15, -0.1) is 0 Å². The van der Waals surface area contributed by atoms with Gasteiger partial charge in [0, 0.05) is 0 Å². The first kappa shape index (κ1) is 25.3. The number of carboxylic acids is 2. The van der Waals surface area contributed by atoms with Gasteiger partial charge in [-0.2, -0.15) is 0 Å². The molecule has 0 aliphatic rings. The standard InChI is InChI=1S/C15H22O4.2Li/c1-10(2)6-5-7-11(3)8-9-13(15(18)19)12(4)14(16)17;;/h6,8H,5,7,9H2,1-4H3,(H,16,17)(H,18,19);;/q;2*+1/p-2/b11-8+,13-12-;;. The molecule has 0 rings (SSSR count). The van der Waals surface area contributed by atoms with E-state index in [1.165, 1.54) is 12.5 Å². The third-order valence-corrected chi connectivity index (χ3v) is 2.75. The molecule has 4 nitrogen and oxygen atoms in total. The van der Waals surface area contributed by atoms with Crippen LogP contribution in [0.25, 0.3) is 0 Å². The first-order valence-electron chi connectivity index (χ1n) is 6.17. The molecular weight excluding hydrogens is 258 g/mol. The molecule has 0 atom stereocenters. The van der Waals surface area contributed by atoms with Crippen molar-refractivity contribution in [3.05, 3.63) is 34.4 Å². The Bertz CT molecular complexity index is 445. The molecule has 0 amide bonds. The van der Waals surface area contributed by atoms with Gasteiger partial charge in [0.1, 0.15) is 0 Å². The minimum atomic E-state index is -1.48. The molecule has 106 valence electrons. The summed E-state index contributed by atoms with van der Waals surface area (Å²) in [5.74, 6) is -2.94. The first-order chi connectivity index (χ1) is 8.75. The van der Waals surface area contributed by atoms with E-state index in [1.807, 2.05) is 20.8 Å². The Balaban J connectivity index is -0.00000162. The third-order valence-electron chi connectivity index (χ3n) is 2.75. The maximum atomic E-state index is 10.9. The SMILES string of the molecule is CC(C)=CCC/C(C)=C/C/C(C(=O)[O-])=C(\C)C(=O)[O-].[Li+].[Li+]. The molecule has 0 aromatic carbocycles. The molecular formula is C15H20Li2O4. The maximum Gasteiger partial charge on any atom is 1.00 e. The molecule has 0 saturated carbocycles. The van der Waals surface area contributed by atoms with Crippen molar-refractivity contribution >= 4 is 11.9 Å². The van der Waals surface area contributed by atoms with Crippen molar-refractivity contribution in [1.29, 1.82) is 0 Å². The van der Waals surface area contributed by atoms with Crippen molar-refractivity contribution in [2.45, 2.75) is 47.0 Å². The molecule has 6 heteroatoms. The predicted molar refractivity (Wildman–Crippen MR) is 69.8 cm³/mol. The van der Waals surface area contributed by atoms with Crippen LogP contribution in [0.15, 0.2) is 34.4 Å². The van der Waals surface area contributed by atoms with Crippen LogP contribution in [0.2, 0.25) is 0 Å². The van der Waals surface area contributed by atoms with Crippen molar-refractivity contribution in [2.75, 3.05) is 0 Å². The summed E-state index contributed by atoms with van der Waals surface area (Å²) in [6, 6.07) is 0. The second-order valence-corrected chi connectivity index (χ2v) is 4.75. The van der Waals surface area contributed by atoms with Crippen LogP contribution in [-0.4, -0.2) is 11.9 Å². The second kappa shape index (κ2) is 13.0. The van der Waals surface area contributed by atoms with Crippen LogP contribution in [0.4, 0.5) is 0 Å². The number of hydrogen-bond acceptors (Lipinski definition) is 4. The van der Waals surface area contributed by atoms with E-state index in [-0.39, 0.29) is 55.3 Å². The van der Waals surface area contributed by atoms with E-state index in [0.717, 1.165) is 18.4 Å². The fourth-order valence-corrected chi connectivity index (χ4v) is 1.48. The Labute approximate surface area is 150 Å². The number of carboxylic acid groups (broad SMARTS) is 2. The van der Waals surface area contributed by atoms with Crippen LogP contribution < -0.4 is 47.9 Å². The summed E-state index contributed by atoms with van der Waals surface area (Å²) >= 11 is 0. The van der Waals surface area contributed by atoms with Crippen LogP contribution in [0.3, 0.4) is 0 Å². The predicted octanol–water partition coefficient (Wildman–Crippen LogP) is -5.11. The zero-order valence-corrected chi connectivity index (χ0v) is 13.9. The van der Waals surface area contributed by atoms with Gasteiger partial charge in [0.05, 0.1) is 11.9 Å². The number of hydrogen-bond donors (Lipinski definition) is 0. The van der Waals surface area contributed by atoms with Crippen molar-refractivity contribution < 1.29 is 57.5 Å². The minimum absolute atomic E-state index is 0. The van der Waals surface area contributed by atoms with E-state index >= 15 is 0 Å². The number of carbonyl (C=O) groups excluding carboxylic acids is 2. The number of allylic oxidation sites excluding steroid dienone is 4. The van der Waals surface area contributed by atoms with E-state index in [0.29, 0.717) is 0 Å². The Morgan fingerprint density at radius 2 is 1.43 bits per heavy atom. The van der Waals surface area contributed by atoms with Crippen LogP contribution in [0, 0.1) is 0 Å². The molecule has 0 heterocycles. The zero-order valence-electron chi connectivity index (χ0n) is 13.9. The first-order valence-corrected chi connectivity index (χ1v) is 6.17. The molecule has 21 heavy (non-hydrogen) atoms. The minimum Gasteiger partial charge on any atom is -0.545 e. The monoisotopic (exact) mass is 278 g/mol. The Kier molecular flexibility index (Phi) is 15.7. The van der Waals surface area contributed by atoms with Crippen molar-refractivity contribution in [3.8, 4) is 0 Å². The van der Waals surface area contributed by atoms with Crippen LogP contribution in [0.5, 0.6) is 0 Å². The maximum absolute atomic E-state index is 10.9. The van der Waals surface area contributed by atoms with Crippen molar-refractivity contribution in [1.82, 2.24) is 0 Å². The number of rotatable bonds is 7. The molecule has 0 aliphatic heterocycles. The summed E-state index contributed by atoms with van der Waals surface area (Å²) in [6.45, 7) is 7.13. The summed E-state index contributed by atoms with van der Waals surface area (Å²) in [7, 11) is 0. The van der Waals surface area contributed by atoms with E-state index in [9.17, 15) is 19.8 Å². The van der Waals surface area contributed by atoms with Crippen molar-refractivity contribution in [2.24, 2.45) is 0 Å². The van der Waals surface area contributed by atoms with E-state index in [2.05, 4.69) is 6.08 Å². The summed E-state index contributed by atoms with van der Waals surface area (Å²) in [5.41, 5.74) is 1.73. The van der Waals surface area contributed by atoms with Gasteiger partial charge in [-0.05, 0) is 58.1 Å². The summed E-state index contributed by atoms with van der Waals surface area (Å²) in [6.07, 6.45) is 5.56. The molecule has 0 saturated heterocycles. The summed E-state index contributed by atoms with van der Waals surface area (Å²) < 4.78 is 0. The van der Waals surface area contributed by atoms with Gasteiger partial charge >= 0.3 is 37.7 Å². The smallest absolute Gasteiger partial charge is 0.545 e. The fourth-order valence-electron chi connectivity index (χ4n) is 1.48. The molecule has 0 unspecified atom stereocenters. The van der Waals surface area contributed by atoms with Crippen LogP contribution >= 0.6 is 0 Å². The molecule has 0 aliphatic carbocycles. The number of aliphatic carboxylic acids is 2. The molecule has 0 spiro atoms. The molecule has 0 radical (unpaired) electrons. The average molecular weight is 278 g/mol. The van der Waals surface area contributed by atoms with Gasteiger partial charge in [0.25, 0.3) is 0 Å². The van der Waals surface area contributed by atoms with E-state index < -0.39 is 11.9 Å². The van der Waals surface area contributed by atoms with Crippen LogP contribution in [-0.2, 0) is 9.59 Å². The quantitative estimate of drug-likeness (QED) is 0.265. The Morgan fingerprint density at radius 1 is 0.905 bits per heavy atom.